The third-order valence-electron chi connectivity index (χ3n) is 4.26. The van der Waals surface area contributed by atoms with Crippen LogP contribution in [-0.2, 0) is 10.0 Å². The topological polar surface area (TPSA) is 93.7 Å². The van der Waals surface area contributed by atoms with E-state index < -0.39 is 32.5 Å². The van der Waals surface area contributed by atoms with Crippen LogP contribution in [0, 0.1) is 11.6 Å². The maximum atomic E-state index is 14.0. The lowest BCUT2D eigenvalue weighted by atomic mass is 10.1. The van der Waals surface area contributed by atoms with Gasteiger partial charge in [0, 0.05) is 12.1 Å². The van der Waals surface area contributed by atoms with E-state index in [0.29, 0.717) is 23.3 Å². The second kappa shape index (κ2) is 9.00. The number of carbonyl (C=O) groups is 1. The molecule has 3 rings (SSSR count). The second-order valence-corrected chi connectivity index (χ2v) is 7.90. The molecule has 0 saturated heterocycles. The Balaban J connectivity index is 1.91. The highest BCUT2D eigenvalue weighted by molar-refractivity contribution is 7.92. The Morgan fingerprint density at radius 3 is 2.32 bits per heavy atom. The van der Waals surface area contributed by atoms with E-state index in [1.54, 1.807) is 18.2 Å². The molecule has 0 aliphatic rings. The third-order valence-corrected chi connectivity index (χ3v) is 5.66. The van der Waals surface area contributed by atoms with Gasteiger partial charge in [0.25, 0.3) is 15.9 Å². The molecule has 3 aromatic rings. The Kier molecular flexibility index (Phi) is 6.40. The first-order valence-electron chi connectivity index (χ1n) is 8.85. The molecule has 0 radical (unpaired) electrons. The molecular formula is C21H18F2N2O5S. The Bertz CT molecular complexity index is 1230. The zero-order valence-electron chi connectivity index (χ0n) is 16.5. The molecule has 0 heterocycles. The number of nitrogens with one attached hydrogen (secondary N) is 2. The lowest BCUT2D eigenvalue weighted by Gasteiger charge is -2.15. The van der Waals surface area contributed by atoms with Crippen LogP contribution >= 0.6 is 0 Å². The van der Waals surface area contributed by atoms with Crippen molar-refractivity contribution in [2.75, 3.05) is 24.3 Å². The van der Waals surface area contributed by atoms with Crippen molar-refractivity contribution in [1.82, 2.24) is 0 Å². The first-order chi connectivity index (χ1) is 14.7. The lowest BCUT2D eigenvalue weighted by Crippen LogP contribution is -2.19. The molecule has 10 heteroatoms. The van der Waals surface area contributed by atoms with E-state index in [1.807, 2.05) is 0 Å². The molecule has 162 valence electrons. The monoisotopic (exact) mass is 448 g/mol. The van der Waals surface area contributed by atoms with Crippen LogP contribution in [0.2, 0.25) is 0 Å². The molecule has 0 aliphatic heterocycles. The van der Waals surface area contributed by atoms with Crippen LogP contribution in [0.4, 0.5) is 20.2 Å². The summed E-state index contributed by atoms with van der Waals surface area (Å²) in [5.41, 5.74) is 0.221. The number of carbonyl (C=O) groups excluding carboxylic acids is 1. The summed E-state index contributed by atoms with van der Waals surface area (Å²) in [6, 6.07) is 12.6. The second-order valence-electron chi connectivity index (χ2n) is 6.25. The molecule has 0 spiro atoms. The zero-order valence-corrected chi connectivity index (χ0v) is 17.3. The van der Waals surface area contributed by atoms with Gasteiger partial charge in [-0.1, -0.05) is 12.1 Å². The summed E-state index contributed by atoms with van der Waals surface area (Å²) in [7, 11) is -1.52. The Morgan fingerprint density at radius 1 is 0.903 bits per heavy atom. The lowest BCUT2D eigenvalue weighted by molar-refractivity contribution is 0.102. The van der Waals surface area contributed by atoms with Crippen LogP contribution < -0.4 is 19.5 Å². The van der Waals surface area contributed by atoms with Crippen molar-refractivity contribution >= 4 is 27.3 Å². The minimum Gasteiger partial charge on any atom is -0.497 e. The van der Waals surface area contributed by atoms with Crippen molar-refractivity contribution < 1.29 is 31.5 Å². The number of ether oxygens (including phenoxy) is 2. The van der Waals surface area contributed by atoms with Crippen LogP contribution in [0.15, 0.2) is 65.6 Å². The molecule has 0 fully saturated rings. The first-order valence-corrected chi connectivity index (χ1v) is 10.3. The largest absolute Gasteiger partial charge is 0.497 e. The predicted molar refractivity (Wildman–Crippen MR) is 111 cm³/mol. The molecule has 31 heavy (non-hydrogen) atoms. The number of hydrogen-bond acceptors (Lipinski definition) is 5. The molecule has 0 saturated carbocycles. The molecule has 7 nitrogen and oxygen atoms in total. The quantitative estimate of drug-likeness (QED) is 0.569. The number of rotatable bonds is 7. The van der Waals surface area contributed by atoms with Gasteiger partial charge in [-0.15, -0.1) is 0 Å². The smallest absolute Gasteiger partial charge is 0.264 e. The summed E-state index contributed by atoms with van der Waals surface area (Å²) < 4.78 is 64.8. The van der Waals surface area contributed by atoms with Crippen LogP contribution in [-0.4, -0.2) is 28.5 Å². The van der Waals surface area contributed by atoms with Gasteiger partial charge in [-0.3, -0.25) is 9.52 Å². The molecule has 2 N–H and O–H groups in total. The van der Waals surface area contributed by atoms with Gasteiger partial charge in [0.15, 0.2) is 0 Å². The Hall–Kier alpha value is -3.66. The van der Waals surface area contributed by atoms with E-state index in [9.17, 15) is 22.0 Å². The van der Waals surface area contributed by atoms with E-state index in [-0.39, 0.29) is 11.3 Å². The summed E-state index contributed by atoms with van der Waals surface area (Å²) in [5, 5.41) is 2.64. The fourth-order valence-corrected chi connectivity index (χ4v) is 3.89. The number of hydrogen-bond donors (Lipinski definition) is 2. The number of sulfonamides is 1. The van der Waals surface area contributed by atoms with Crippen LogP contribution in [0.5, 0.6) is 11.5 Å². The first kappa shape index (κ1) is 22.0. The van der Waals surface area contributed by atoms with E-state index in [4.69, 9.17) is 9.47 Å². The third kappa shape index (κ3) is 4.92. The highest BCUT2D eigenvalue weighted by atomic mass is 32.2. The highest BCUT2D eigenvalue weighted by Gasteiger charge is 2.22. The van der Waals surface area contributed by atoms with E-state index >= 15 is 0 Å². The molecule has 1 amide bonds. The van der Waals surface area contributed by atoms with Crippen molar-refractivity contribution in [2.24, 2.45) is 0 Å². The number of methoxy groups -OCH3 is 2. The molecular weight excluding hydrogens is 430 g/mol. The number of amides is 1. The van der Waals surface area contributed by atoms with Crippen LogP contribution in [0.3, 0.4) is 0 Å². The summed E-state index contributed by atoms with van der Waals surface area (Å²) in [6.45, 7) is 0. The molecule has 0 aromatic heterocycles. The summed E-state index contributed by atoms with van der Waals surface area (Å²) in [6.07, 6.45) is 0. The minimum absolute atomic E-state index is 0.0218. The average molecular weight is 448 g/mol. The Morgan fingerprint density at radius 2 is 1.65 bits per heavy atom. The van der Waals surface area contributed by atoms with Gasteiger partial charge < -0.3 is 14.8 Å². The normalized spacial score (nSPS) is 11.0. The van der Waals surface area contributed by atoms with Gasteiger partial charge in [-0.25, -0.2) is 17.2 Å². The van der Waals surface area contributed by atoms with E-state index in [1.165, 1.54) is 38.5 Å². The van der Waals surface area contributed by atoms with Crippen molar-refractivity contribution in [3.63, 3.8) is 0 Å². The Labute approximate surface area is 177 Å². The predicted octanol–water partition coefficient (Wildman–Crippen LogP) is 4.04. The van der Waals surface area contributed by atoms with Gasteiger partial charge in [0.2, 0.25) is 0 Å². The summed E-state index contributed by atoms with van der Waals surface area (Å²) in [4.78, 5) is 12.1. The standard InChI is InChI=1S/C21H18F2N2O5S/c1-29-14-8-9-18(19(12-14)30-2)24-21(26)15-5-3-4-6-17(15)25-31(27,28)20-10-7-13(22)11-16(20)23/h3-12,25H,1-2H3,(H,24,26). The van der Waals surface area contributed by atoms with Gasteiger partial charge in [-0.2, -0.15) is 0 Å². The molecule has 0 aliphatic carbocycles. The fraction of sp³-hybridized carbons (Fsp3) is 0.0952. The summed E-state index contributed by atoms with van der Waals surface area (Å²) >= 11 is 0. The minimum atomic E-state index is -4.42. The molecule has 0 bridgehead atoms. The molecule has 3 aromatic carbocycles. The van der Waals surface area contributed by atoms with Crippen molar-refractivity contribution in [3.8, 4) is 11.5 Å². The molecule has 0 atom stereocenters. The number of anilines is 2. The maximum absolute atomic E-state index is 14.0. The van der Waals surface area contributed by atoms with Crippen molar-refractivity contribution in [3.05, 3.63) is 77.9 Å². The fourth-order valence-electron chi connectivity index (χ4n) is 2.75. The van der Waals surface area contributed by atoms with Crippen molar-refractivity contribution in [1.29, 1.82) is 0 Å². The van der Waals surface area contributed by atoms with Gasteiger partial charge >= 0.3 is 0 Å². The van der Waals surface area contributed by atoms with E-state index in [2.05, 4.69) is 10.0 Å². The number of halogens is 2. The SMILES string of the molecule is COc1ccc(NC(=O)c2ccccc2NS(=O)(=O)c2ccc(F)cc2F)c(OC)c1. The number of para-hydroxylation sites is 1. The highest BCUT2D eigenvalue weighted by Crippen LogP contribution is 2.30. The van der Waals surface area contributed by atoms with Gasteiger partial charge in [0.1, 0.15) is 28.0 Å². The molecule has 0 unspecified atom stereocenters. The van der Waals surface area contributed by atoms with Crippen molar-refractivity contribution in [2.45, 2.75) is 4.90 Å². The van der Waals surface area contributed by atoms with Gasteiger partial charge in [-0.05, 0) is 36.4 Å². The maximum Gasteiger partial charge on any atom is 0.264 e. The zero-order chi connectivity index (χ0) is 22.6. The van der Waals surface area contributed by atoms with Crippen LogP contribution in [0.25, 0.3) is 0 Å². The number of benzene rings is 3. The average Bonchev–Trinajstić information content (AvgIpc) is 2.73. The van der Waals surface area contributed by atoms with Crippen LogP contribution in [0.1, 0.15) is 10.4 Å². The van der Waals surface area contributed by atoms with E-state index in [0.717, 1.165) is 12.1 Å². The van der Waals surface area contributed by atoms with Gasteiger partial charge in [0.05, 0.1) is 31.2 Å². The summed E-state index contributed by atoms with van der Waals surface area (Å²) in [5.74, 6) is -1.95.